The van der Waals surface area contributed by atoms with Gasteiger partial charge in [0.2, 0.25) is 0 Å². The Morgan fingerprint density at radius 2 is 1.95 bits per heavy atom. The molecule has 116 valence electrons. The first-order chi connectivity index (χ1) is 9.60. The molecule has 2 aliphatic rings. The van der Waals surface area contributed by atoms with Gasteiger partial charge in [-0.15, -0.1) is 0 Å². The molecule has 1 aliphatic heterocycles. The predicted molar refractivity (Wildman–Crippen MR) is 77.5 cm³/mol. The van der Waals surface area contributed by atoms with E-state index in [0.29, 0.717) is 12.5 Å². The van der Waals surface area contributed by atoms with Gasteiger partial charge in [-0.3, -0.25) is 9.69 Å². The summed E-state index contributed by atoms with van der Waals surface area (Å²) < 4.78 is 5.64. The zero-order valence-electron chi connectivity index (χ0n) is 12.8. The highest BCUT2D eigenvalue weighted by Crippen LogP contribution is 2.29. The molecule has 20 heavy (non-hydrogen) atoms. The number of piperazine rings is 1. The number of carbonyl (C=O) groups excluding carboxylic acids is 1. The number of aliphatic hydroxyl groups is 1. The van der Waals surface area contributed by atoms with E-state index < -0.39 is 0 Å². The first-order valence-electron chi connectivity index (χ1n) is 7.91. The number of hydrogen-bond donors (Lipinski definition) is 1. The molecule has 1 saturated carbocycles. The van der Waals surface area contributed by atoms with Crippen molar-refractivity contribution in [1.29, 1.82) is 0 Å². The van der Waals surface area contributed by atoms with E-state index in [1.165, 1.54) is 12.8 Å². The maximum atomic E-state index is 12.2. The molecule has 0 bridgehead atoms. The van der Waals surface area contributed by atoms with Crippen LogP contribution in [0.2, 0.25) is 0 Å². The van der Waals surface area contributed by atoms with Crippen molar-refractivity contribution in [2.75, 3.05) is 39.3 Å². The number of aliphatic hydroxyl groups excluding tert-OH is 1. The number of β-amino-alcohol motifs (C(OH)–C–C–N with tert-alkyl or cyclic N) is 1. The Morgan fingerprint density at radius 3 is 2.50 bits per heavy atom. The predicted octanol–water partition coefficient (Wildman–Crippen LogP) is 0.717. The van der Waals surface area contributed by atoms with Gasteiger partial charge in [-0.1, -0.05) is 6.92 Å². The van der Waals surface area contributed by atoms with E-state index in [-0.39, 0.29) is 18.1 Å². The lowest BCUT2D eigenvalue weighted by atomic mass is 10.2. The molecule has 1 heterocycles. The Bertz CT molecular complexity index is 312. The van der Waals surface area contributed by atoms with Crippen molar-refractivity contribution in [2.24, 2.45) is 5.92 Å². The number of rotatable bonds is 7. The Labute approximate surface area is 121 Å². The monoisotopic (exact) mass is 284 g/mol. The average molecular weight is 284 g/mol. The standard InChI is InChI=1S/C15H28N2O3/c1-3-14(18)10-16-6-8-17(9-7-16)15(19)12(2)20-11-13-4-5-13/h12-14,18H,3-11H2,1-2H3/t12-,14+/m0/s1. The van der Waals surface area contributed by atoms with Crippen molar-refractivity contribution in [3.8, 4) is 0 Å². The molecule has 2 rings (SSSR count). The summed E-state index contributed by atoms with van der Waals surface area (Å²) in [7, 11) is 0. The van der Waals surface area contributed by atoms with E-state index in [1.54, 1.807) is 0 Å². The summed E-state index contributed by atoms with van der Waals surface area (Å²) in [4.78, 5) is 16.4. The summed E-state index contributed by atoms with van der Waals surface area (Å²) >= 11 is 0. The molecule has 0 aromatic rings. The van der Waals surface area contributed by atoms with Crippen LogP contribution in [0.1, 0.15) is 33.1 Å². The fraction of sp³-hybridized carbons (Fsp3) is 0.933. The number of ether oxygens (including phenoxy) is 1. The topological polar surface area (TPSA) is 53.0 Å². The highest BCUT2D eigenvalue weighted by atomic mass is 16.5. The quantitative estimate of drug-likeness (QED) is 0.748. The number of hydrogen-bond acceptors (Lipinski definition) is 4. The summed E-state index contributed by atoms with van der Waals surface area (Å²) in [5, 5.41) is 9.66. The molecule has 1 aliphatic carbocycles. The van der Waals surface area contributed by atoms with Crippen molar-refractivity contribution in [3.63, 3.8) is 0 Å². The van der Waals surface area contributed by atoms with Gasteiger partial charge in [0, 0.05) is 32.7 Å². The van der Waals surface area contributed by atoms with E-state index in [0.717, 1.165) is 39.2 Å². The first-order valence-corrected chi connectivity index (χ1v) is 7.91. The molecule has 1 N–H and O–H groups in total. The molecular formula is C15H28N2O3. The van der Waals surface area contributed by atoms with Gasteiger partial charge < -0.3 is 14.7 Å². The molecular weight excluding hydrogens is 256 g/mol. The SMILES string of the molecule is CC[C@@H](O)CN1CCN(C(=O)[C@H](C)OCC2CC2)CC1. The van der Waals surface area contributed by atoms with Gasteiger partial charge in [0.25, 0.3) is 5.91 Å². The molecule has 5 nitrogen and oxygen atoms in total. The second-order valence-corrected chi connectivity index (χ2v) is 6.11. The van der Waals surface area contributed by atoms with Crippen LogP contribution < -0.4 is 0 Å². The van der Waals surface area contributed by atoms with Gasteiger partial charge in [0.15, 0.2) is 0 Å². The van der Waals surface area contributed by atoms with Gasteiger partial charge in [0.05, 0.1) is 12.7 Å². The Morgan fingerprint density at radius 1 is 1.30 bits per heavy atom. The first kappa shape index (κ1) is 15.7. The zero-order valence-corrected chi connectivity index (χ0v) is 12.8. The van der Waals surface area contributed by atoms with Crippen molar-refractivity contribution < 1.29 is 14.6 Å². The van der Waals surface area contributed by atoms with Crippen molar-refractivity contribution in [2.45, 2.75) is 45.3 Å². The molecule has 5 heteroatoms. The maximum Gasteiger partial charge on any atom is 0.251 e. The average Bonchev–Trinajstić information content (AvgIpc) is 3.29. The minimum absolute atomic E-state index is 0.112. The third-order valence-electron chi connectivity index (χ3n) is 4.25. The minimum atomic E-state index is -0.316. The van der Waals surface area contributed by atoms with Crippen LogP contribution in [0.3, 0.4) is 0 Å². The van der Waals surface area contributed by atoms with Gasteiger partial charge in [-0.2, -0.15) is 0 Å². The van der Waals surface area contributed by atoms with E-state index in [4.69, 9.17) is 4.74 Å². The molecule has 0 unspecified atom stereocenters. The lowest BCUT2D eigenvalue weighted by Crippen LogP contribution is -2.52. The molecule has 1 amide bonds. The molecule has 0 spiro atoms. The van der Waals surface area contributed by atoms with E-state index >= 15 is 0 Å². The second-order valence-electron chi connectivity index (χ2n) is 6.11. The van der Waals surface area contributed by atoms with Crippen LogP contribution in [-0.2, 0) is 9.53 Å². The number of nitrogens with zero attached hydrogens (tertiary/aromatic N) is 2. The van der Waals surface area contributed by atoms with Crippen molar-refractivity contribution >= 4 is 5.91 Å². The minimum Gasteiger partial charge on any atom is -0.392 e. The summed E-state index contributed by atoms with van der Waals surface area (Å²) in [5.41, 5.74) is 0. The smallest absolute Gasteiger partial charge is 0.251 e. The number of carbonyl (C=O) groups is 1. The van der Waals surface area contributed by atoms with Gasteiger partial charge in [0.1, 0.15) is 6.10 Å². The lowest BCUT2D eigenvalue weighted by molar-refractivity contribution is -0.144. The lowest BCUT2D eigenvalue weighted by Gasteiger charge is -2.36. The highest BCUT2D eigenvalue weighted by Gasteiger charge is 2.28. The fourth-order valence-electron chi connectivity index (χ4n) is 2.47. The summed E-state index contributed by atoms with van der Waals surface area (Å²) in [6, 6.07) is 0. The Hall–Kier alpha value is -0.650. The van der Waals surface area contributed by atoms with E-state index in [2.05, 4.69) is 4.90 Å². The van der Waals surface area contributed by atoms with Crippen molar-refractivity contribution in [1.82, 2.24) is 9.80 Å². The van der Waals surface area contributed by atoms with Crippen LogP contribution in [0.25, 0.3) is 0 Å². The van der Waals surface area contributed by atoms with Crippen LogP contribution in [0.4, 0.5) is 0 Å². The molecule has 0 aromatic carbocycles. The summed E-state index contributed by atoms with van der Waals surface area (Å²) in [5.74, 6) is 0.805. The highest BCUT2D eigenvalue weighted by molar-refractivity contribution is 5.80. The maximum absolute atomic E-state index is 12.2. The van der Waals surface area contributed by atoms with Crippen LogP contribution in [-0.4, -0.2) is 72.4 Å². The Balaban J connectivity index is 1.67. The number of amides is 1. The molecule has 1 saturated heterocycles. The molecule has 2 atom stereocenters. The normalized spacial score (nSPS) is 23.6. The van der Waals surface area contributed by atoms with Crippen LogP contribution in [0, 0.1) is 5.92 Å². The third kappa shape index (κ3) is 4.72. The zero-order chi connectivity index (χ0) is 14.5. The van der Waals surface area contributed by atoms with E-state index in [1.807, 2.05) is 18.7 Å². The van der Waals surface area contributed by atoms with Crippen molar-refractivity contribution in [3.05, 3.63) is 0 Å². The van der Waals surface area contributed by atoms with E-state index in [9.17, 15) is 9.90 Å². The fourth-order valence-corrected chi connectivity index (χ4v) is 2.47. The van der Waals surface area contributed by atoms with Crippen LogP contribution in [0.5, 0.6) is 0 Å². The third-order valence-corrected chi connectivity index (χ3v) is 4.25. The Kier molecular flexibility index (Phi) is 5.81. The molecule has 0 aromatic heterocycles. The summed E-state index contributed by atoms with van der Waals surface area (Å²) in [6.45, 7) is 8.47. The second kappa shape index (κ2) is 7.38. The molecule has 2 fully saturated rings. The largest absolute Gasteiger partial charge is 0.392 e. The van der Waals surface area contributed by atoms with Crippen LogP contribution in [0.15, 0.2) is 0 Å². The van der Waals surface area contributed by atoms with Gasteiger partial charge in [-0.05, 0) is 32.1 Å². The van der Waals surface area contributed by atoms with Crippen LogP contribution >= 0.6 is 0 Å². The summed E-state index contributed by atoms with van der Waals surface area (Å²) in [6.07, 6.45) is 2.71. The molecule has 0 radical (unpaired) electrons. The van der Waals surface area contributed by atoms with Gasteiger partial charge >= 0.3 is 0 Å². The van der Waals surface area contributed by atoms with Gasteiger partial charge in [-0.25, -0.2) is 0 Å².